The van der Waals surface area contributed by atoms with E-state index < -0.39 is 0 Å². The Morgan fingerprint density at radius 3 is 2.45 bits per heavy atom. The molecule has 0 spiro atoms. The third-order valence-corrected chi connectivity index (χ3v) is 5.01. The van der Waals surface area contributed by atoms with Gasteiger partial charge in [0.05, 0.1) is 11.8 Å². The molecule has 3 unspecified atom stereocenters. The largest absolute Gasteiger partial charge is 0.462 e. The van der Waals surface area contributed by atoms with Crippen LogP contribution in [0.15, 0.2) is 0 Å². The van der Waals surface area contributed by atoms with Crippen LogP contribution in [0.3, 0.4) is 0 Å². The van der Waals surface area contributed by atoms with Gasteiger partial charge in [-0.1, -0.05) is 27.2 Å². The summed E-state index contributed by atoms with van der Waals surface area (Å²) in [6, 6.07) is 0. The number of carbonyl (C=O) groups is 2. The van der Waals surface area contributed by atoms with Crippen molar-refractivity contribution < 1.29 is 19.1 Å². The second-order valence-corrected chi connectivity index (χ2v) is 7.96. The lowest BCUT2D eigenvalue weighted by atomic mass is 9.68. The SMILES string of the molecule is CC(COC(=O)C(C)C1CCCC(C)(C)C1)OC(=O)C1CC1. The fourth-order valence-electron chi connectivity index (χ4n) is 3.35. The van der Waals surface area contributed by atoms with Crippen molar-refractivity contribution >= 4 is 11.9 Å². The Balaban J connectivity index is 1.72. The lowest BCUT2D eigenvalue weighted by Gasteiger charge is -2.37. The molecule has 4 heteroatoms. The zero-order chi connectivity index (χ0) is 16.3. The maximum Gasteiger partial charge on any atom is 0.309 e. The molecule has 0 aromatic carbocycles. The maximum absolute atomic E-state index is 12.2. The van der Waals surface area contributed by atoms with Gasteiger partial charge in [0.2, 0.25) is 0 Å². The smallest absolute Gasteiger partial charge is 0.309 e. The summed E-state index contributed by atoms with van der Waals surface area (Å²) in [7, 11) is 0. The van der Waals surface area contributed by atoms with E-state index >= 15 is 0 Å². The highest BCUT2D eigenvalue weighted by atomic mass is 16.6. The minimum atomic E-state index is -0.355. The molecule has 4 nitrogen and oxygen atoms in total. The van der Waals surface area contributed by atoms with E-state index in [0.29, 0.717) is 11.3 Å². The molecule has 0 aliphatic heterocycles. The Morgan fingerprint density at radius 1 is 1.18 bits per heavy atom. The summed E-state index contributed by atoms with van der Waals surface area (Å²) >= 11 is 0. The van der Waals surface area contributed by atoms with Gasteiger partial charge >= 0.3 is 11.9 Å². The van der Waals surface area contributed by atoms with E-state index in [0.717, 1.165) is 25.7 Å². The number of esters is 2. The Morgan fingerprint density at radius 2 is 1.86 bits per heavy atom. The summed E-state index contributed by atoms with van der Waals surface area (Å²) in [5, 5.41) is 0. The molecule has 0 aromatic rings. The first kappa shape index (κ1) is 17.3. The molecule has 2 rings (SSSR count). The van der Waals surface area contributed by atoms with E-state index in [1.807, 2.05) is 6.92 Å². The van der Waals surface area contributed by atoms with Gasteiger partial charge in [-0.15, -0.1) is 0 Å². The van der Waals surface area contributed by atoms with E-state index in [1.165, 1.54) is 12.8 Å². The molecule has 2 fully saturated rings. The highest BCUT2D eigenvalue weighted by molar-refractivity contribution is 5.75. The quantitative estimate of drug-likeness (QED) is 0.702. The Hall–Kier alpha value is -1.06. The lowest BCUT2D eigenvalue weighted by Crippen LogP contribution is -2.32. The van der Waals surface area contributed by atoms with E-state index in [1.54, 1.807) is 6.92 Å². The summed E-state index contributed by atoms with van der Waals surface area (Å²) in [6.07, 6.45) is 6.11. The van der Waals surface area contributed by atoms with Crippen molar-refractivity contribution in [3.05, 3.63) is 0 Å². The van der Waals surface area contributed by atoms with Gasteiger partial charge in [-0.25, -0.2) is 0 Å². The van der Waals surface area contributed by atoms with E-state index in [4.69, 9.17) is 9.47 Å². The molecule has 0 bridgehead atoms. The second-order valence-electron chi connectivity index (χ2n) is 7.96. The van der Waals surface area contributed by atoms with Crippen LogP contribution < -0.4 is 0 Å². The van der Waals surface area contributed by atoms with Crippen LogP contribution in [0.1, 0.15) is 66.2 Å². The Bertz CT molecular complexity index is 411. The van der Waals surface area contributed by atoms with Crippen LogP contribution in [0.25, 0.3) is 0 Å². The number of rotatable bonds is 6. The molecule has 0 N–H and O–H groups in total. The molecule has 2 aliphatic carbocycles. The number of hydrogen-bond donors (Lipinski definition) is 0. The molecule has 126 valence electrons. The maximum atomic E-state index is 12.2. The van der Waals surface area contributed by atoms with Crippen LogP contribution in [-0.4, -0.2) is 24.6 Å². The van der Waals surface area contributed by atoms with Gasteiger partial charge in [0.25, 0.3) is 0 Å². The first-order valence-corrected chi connectivity index (χ1v) is 8.65. The topological polar surface area (TPSA) is 52.6 Å². The van der Waals surface area contributed by atoms with Crippen molar-refractivity contribution in [1.82, 2.24) is 0 Å². The van der Waals surface area contributed by atoms with Gasteiger partial charge in [-0.2, -0.15) is 0 Å². The van der Waals surface area contributed by atoms with Crippen LogP contribution in [0.5, 0.6) is 0 Å². The van der Waals surface area contributed by atoms with Crippen molar-refractivity contribution in [2.24, 2.45) is 23.2 Å². The molecular formula is C18H30O4. The number of hydrogen-bond acceptors (Lipinski definition) is 4. The fraction of sp³-hybridized carbons (Fsp3) is 0.889. The lowest BCUT2D eigenvalue weighted by molar-refractivity contribution is -0.162. The van der Waals surface area contributed by atoms with Gasteiger partial charge in [0.1, 0.15) is 12.7 Å². The Labute approximate surface area is 133 Å². The first-order chi connectivity index (χ1) is 10.3. The average molecular weight is 310 g/mol. The number of carbonyl (C=O) groups excluding carboxylic acids is 2. The zero-order valence-electron chi connectivity index (χ0n) is 14.4. The van der Waals surface area contributed by atoms with Crippen molar-refractivity contribution in [2.75, 3.05) is 6.61 Å². The van der Waals surface area contributed by atoms with E-state index in [9.17, 15) is 9.59 Å². The van der Waals surface area contributed by atoms with Crippen LogP contribution in [0, 0.1) is 23.2 Å². The van der Waals surface area contributed by atoms with Crippen molar-refractivity contribution in [3.63, 3.8) is 0 Å². The molecule has 0 amide bonds. The molecule has 2 saturated carbocycles. The van der Waals surface area contributed by atoms with Gasteiger partial charge in [-0.05, 0) is 50.4 Å². The molecule has 2 aliphatic rings. The monoisotopic (exact) mass is 310 g/mol. The summed E-state index contributed by atoms with van der Waals surface area (Å²) in [6.45, 7) is 8.46. The minimum absolute atomic E-state index is 0.0779. The van der Waals surface area contributed by atoms with Gasteiger partial charge < -0.3 is 9.47 Å². The highest BCUT2D eigenvalue weighted by Gasteiger charge is 2.35. The summed E-state index contributed by atoms with van der Waals surface area (Å²) in [5.41, 5.74) is 0.324. The van der Waals surface area contributed by atoms with Crippen LogP contribution in [-0.2, 0) is 19.1 Å². The third-order valence-electron chi connectivity index (χ3n) is 5.01. The molecular weight excluding hydrogens is 280 g/mol. The van der Waals surface area contributed by atoms with E-state index in [2.05, 4.69) is 13.8 Å². The molecule has 0 saturated heterocycles. The molecule has 0 aromatic heterocycles. The van der Waals surface area contributed by atoms with Crippen molar-refractivity contribution in [1.29, 1.82) is 0 Å². The van der Waals surface area contributed by atoms with Gasteiger partial charge in [0, 0.05) is 0 Å². The molecule has 3 atom stereocenters. The standard InChI is InChI=1S/C18H30O4/c1-12(22-17(20)14-7-8-14)11-21-16(19)13(2)15-6-5-9-18(3,4)10-15/h12-15H,5-11H2,1-4H3. The summed E-state index contributed by atoms with van der Waals surface area (Å²) in [5.74, 6) is 0.107. The average Bonchev–Trinajstić information content (AvgIpc) is 3.27. The van der Waals surface area contributed by atoms with Gasteiger partial charge in [-0.3, -0.25) is 9.59 Å². The predicted molar refractivity (Wildman–Crippen MR) is 84.1 cm³/mol. The van der Waals surface area contributed by atoms with Gasteiger partial charge in [0.15, 0.2) is 0 Å². The van der Waals surface area contributed by atoms with Crippen LogP contribution in [0.2, 0.25) is 0 Å². The Kier molecular flexibility index (Phi) is 5.51. The molecule has 22 heavy (non-hydrogen) atoms. The van der Waals surface area contributed by atoms with Crippen molar-refractivity contribution in [3.8, 4) is 0 Å². The summed E-state index contributed by atoms with van der Waals surface area (Å²) < 4.78 is 10.6. The number of ether oxygens (including phenoxy) is 2. The van der Waals surface area contributed by atoms with Crippen LogP contribution in [0.4, 0.5) is 0 Å². The highest BCUT2D eigenvalue weighted by Crippen LogP contribution is 2.41. The predicted octanol–water partition coefficient (Wildman–Crippen LogP) is 3.72. The van der Waals surface area contributed by atoms with Crippen molar-refractivity contribution in [2.45, 2.75) is 72.3 Å². The minimum Gasteiger partial charge on any atom is -0.462 e. The first-order valence-electron chi connectivity index (χ1n) is 8.65. The third kappa shape index (κ3) is 4.99. The molecule has 0 radical (unpaired) electrons. The second kappa shape index (κ2) is 7.01. The normalized spacial score (nSPS) is 26.8. The van der Waals surface area contributed by atoms with E-state index in [-0.39, 0.29) is 36.5 Å². The summed E-state index contributed by atoms with van der Waals surface area (Å²) in [4.78, 5) is 23.8. The molecule has 0 heterocycles. The fourth-order valence-corrected chi connectivity index (χ4v) is 3.35. The van der Waals surface area contributed by atoms with Crippen LogP contribution >= 0.6 is 0 Å². The zero-order valence-corrected chi connectivity index (χ0v) is 14.4.